The van der Waals surface area contributed by atoms with E-state index in [2.05, 4.69) is 5.32 Å². The van der Waals surface area contributed by atoms with Gasteiger partial charge in [-0.1, -0.05) is 26.0 Å². The van der Waals surface area contributed by atoms with Crippen molar-refractivity contribution in [1.82, 2.24) is 5.32 Å². The summed E-state index contributed by atoms with van der Waals surface area (Å²) in [5.41, 5.74) is 2.32. The van der Waals surface area contributed by atoms with Gasteiger partial charge in [-0.15, -0.1) is 0 Å². The molecule has 1 aliphatic carbocycles. The van der Waals surface area contributed by atoms with Crippen molar-refractivity contribution < 1.29 is 28.8 Å². The van der Waals surface area contributed by atoms with Gasteiger partial charge >= 0.3 is 11.9 Å². The average Bonchev–Trinajstić information content (AvgIpc) is 2.80. The monoisotopic (exact) mass is 502 g/mol. The SMILES string of the molecule is CCSCCOC(=O)C1=C(C)NC2=C(C(=O)C(C(=O)OC)C(C)C2)C1c1ccc(C)c([N+](=O)[O-])c1. The van der Waals surface area contributed by atoms with Crippen molar-refractivity contribution in [3.63, 3.8) is 0 Å². The molecule has 1 aliphatic heterocycles. The van der Waals surface area contributed by atoms with E-state index in [-0.39, 0.29) is 29.4 Å². The highest BCUT2D eigenvalue weighted by atomic mass is 32.2. The van der Waals surface area contributed by atoms with Crippen molar-refractivity contribution in [3.05, 3.63) is 62.0 Å². The van der Waals surface area contributed by atoms with E-state index in [9.17, 15) is 24.5 Å². The molecule has 0 saturated heterocycles. The smallest absolute Gasteiger partial charge is 0.336 e. The number of carbonyl (C=O) groups is 3. The second kappa shape index (κ2) is 11.1. The topological polar surface area (TPSA) is 125 Å². The van der Waals surface area contributed by atoms with Crippen molar-refractivity contribution in [3.8, 4) is 0 Å². The third-order valence-electron chi connectivity index (χ3n) is 6.39. The van der Waals surface area contributed by atoms with Gasteiger partial charge in [-0.2, -0.15) is 11.8 Å². The van der Waals surface area contributed by atoms with Crippen LogP contribution in [0.15, 0.2) is 40.7 Å². The lowest BCUT2D eigenvalue weighted by Gasteiger charge is -2.38. The van der Waals surface area contributed by atoms with Crippen molar-refractivity contribution in [2.45, 2.75) is 40.0 Å². The van der Waals surface area contributed by atoms with Crippen LogP contribution in [0.3, 0.4) is 0 Å². The van der Waals surface area contributed by atoms with Gasteiger partial charge in [0.1, 0.15) is 12.5 Å². The fourth-order valence-electron chi connectivity index (χ4n) is 4.70. The molecule has 2 aliphatic rings. The number of nitrogens with zero attached hydrogens (tertiary/aromatic N) is 1. The maximum atomic E-state index is 13.7. The Hall–Kier alpha value is -3.14. The van der Waals surface area contributed by atoms with Crippen LogP contribution in [-0.4, -0.2) is 47.9 Å². The Bertz CT molecular complexity index is 1120. The van der Waals surface area contributed by atoms with Crippen LogP contribution < -0.4 is 5.32 Å². The van der Waals surface area contributed by atoms with Crippen LogP contribution in [0.5, 0.6) is 0 Å². The molecule has 0 radical (unpaired) electrons. The number of ketones is 1. The van der Waals surface area contributed by atoms with E-state index in [1.165, 1.54) is 13.2 Å². The van der Waals surface area contributed by atoms with E-state index in [4.69, 9.17) is 9.47 Å². The molecular formula is C25H30N2O7S. The quantitative estimate of drug-likeness (QED) is 0.186. The van der Waals surface area contributed by atoms with Gasteiger partial charge in [0.15, 0.2) is 5.78 Å². The number of esters is 2. The average molecular weight is 503 g/mol. The number of allylic oxidation sites excluding steroid dienone is 3. The maximum Gasteiger partial charge on any atom is 0.336 e. The molecule has 9 nitrogen and oxygen atoms in total. The lowest BCUT2D eigenvalue weighted by atomic mass is 9.69. The van der Waals surface area contributed by atoms with Crippen LogP contribution in [-0.2, 0) is 23.9 Å². The van der Waals surface area contributed by atoms with Crippen LogP contribution in [0.1, 0.15) is 44.2 Å². The number of carbonyl (C=O) groups excluding carboxylic acids is 3. The minimum Gasteiger partial charge on any atom is -0.468 e. The zero-order chi connectivity index (χ0) is 25.9. The molecule has 0 saturated carbocycles. The first-order valence-electron chi connectivity index (χ1n) is 11.4. The maximum absolute atomic E-state index is 13.7. The van der Waals surface area contributed by atoms with Crippen molar-refractivity contribution in [1.29, 1.82) is 0 Å². The number of Topliss-reactive ketones (excluding diaryl/α,β-unsaturated/α-hetero) is 1. The number of rotatable bonds is 8. The van der Waals surface area contributed by atoms with Gasteiger partial charge in [-0.05, 0) is 37.5 Å². The predicted molar refractivity (Wildman–Crippen MR) is 132 cm³/mol. The summed E-state index contributed by atoms with van der Waals surface area (Å²) >= 11 is 1.63. The molecule has 1 N–H and O–H groups in total. The summed E-state index contributed by atoms with van der Waals surface area (Å²) in [7, 11) is 1.23. The number of dihydropyridines is 1. The summed E-state index contributed by atoms with van der Waals surface area (Å²) < 4.78 is 10.4. The Balaban J connectivity index is 2.15. The fourth-order valence-corrected chi connectivity index (χ4v) is 5.19. The number of nitrogens with one attached hydrogen (secondary N) is 1. The first-order valence-corrected chi connectivity index (χ1v) is 12.6. The molecule has 3 atom stereocenters. The molecule has 1 aromatic rings. The lowest BCUT2D eigenvalue weighted by molar-refractivity contribution is -0.385. The molecule has 1 aromatic carbocycles. The van der Waals surface area contributed by atoms with Crippen molar-refractivity contribution in [2.24, 2.45) is 11.8 Å². The van der Waals surface area contributed by atoms with E-state index in [1.807, 2.05) is 6.92 Å². The van der Waals surface area contributed by atoms with Crippen LogP contribution in [0.4, 0.5) is 5.69 Å². The molecular weight excluding hydrogens is 472 g/mol. The number of ether oxygens (including phenoxy) is 2. The molecule has 10 heteroatoms. The Morgan fingerprint density at radius 2 is 2.00 bits per heavy atom. The molecule has 0 spiro atoms. The highest BCUT2D eigenvalue weighted by molar-refractivity contribution is 7.99. The molecule has 0 bridgehead atoms. The second-order valence-corrected chi connectivity index (χ2v) is 10.1. The summed E-state index contributed by atoms with van der Waals surface area (Å²) in [5, 5.41) is 14.8. The molecule has 1 heterocycles. The molecule has 3 unspecified atom stereocenters. The highest BCUT2D eigenvalue weighted by Gasteiger charge is 2.47. The van der Waals surface area contributed by atoms with E-state index in [1.54, 1.807) is 44.7 Å². The third kappa shape index (κ3) is 5.27. The number of thioether (sulfide) groups is 1. The van der Waals surface area contributed by atoms with E-state index in [0.717, 1.165) is 5.75 Å². The molecule has 0 amide bonds. The summed E-state index contributed by atoms with van der Waals surface area (Å²) in [6.07, 6.45) is 0.387. The Morgan fingerprint density at radius 3 is 2.63 bits per heavy atom. The van der Waals surface area contributed by atoms with Gasteiger partial charge in [-0.3, -0.25) is 19.7 Å². The van der Waals surface area contributed by atoms with Gasteiger partial charge < -0.3 is 14.8 Å². The van der Waals surface area contributed by atoms with Crippen molar-refractivity contribution >= 4 is 35.2 Å². The number of hydrogen-bond donors (Lipinski definition) is 1. The van der Waals surface area contributed by atoms with Gasteiger partial charge in [0.25, 0.3) is 5.69 Å². The van der Waals surface area contributed by atoms with Crippen LogP contribution >= 0.6 is 11.8 Å². The fraction of sp³-hybridized carbons (Fsp3) is 0.480. The predicted octanol–water partition coefficient (Wildman–Crippen LogP) is 3.81. The molecule has 35 heavy (non-hydrogen) atoms. The van der Waals surface area contributed by atoms with Gasteiger partial charge in [0.05, 0.1) is 17.6 Å². The summed E-state index contributed by atoms with van der Waals surface area (Å²) in [5.74, 6) is -2.45. The van der Waals surface area contributed by atoms with E-state index in [0.29, 0.717) is 34.7 Å². The standard InChI is InChI=1S/C25H30N2O7S/c1-6-35-10-9-34-25(30)20-15(4)26-17-11-14(3)19(24(29)33-5)23(28)22(17)21(20)16-8-7-13(2)18(12-16)27(31)32/h7-8,12,14,19,21,26H,6,9-11H2,1-5H3. The van der Waals surface area contributed by atoms with Gasteiger partial charge in [0, 0.05) is 40.3 Å². The molecule has 3 rings (SSSR count). The Morgan fingerprint density at radius 1 is 1.29 bits per heavy atom. The number of hydrogen-bond acceptors (Lipinski definition) is 9. The number of aryl methyl sites for hydroxylation is 1. The zero-order valence-electron chi connectivity index (χ0n) is 20.5. The minimum absolute atomic E-state index is 0.117. The van der Waals surface area contributed by atoms with Crippen LogP contribution in [0, 0.1) is 28.9 Å². The first-order chi connectivity index (χ1) is 16.6. The Kier molecular flexibility index (Phi) is 8.37. The second-order valence-electron chi connectivity index (χ2n) is 8.67. The van der Waals surface area contributed by atoms with Crippen LogP contribution in [0.25, 0.3) is 0 Å². The number of methoxy groups -OCH3 is 1. The largest absolute Gasteiger partial charge is 0.468 e. The zero-order valence-corrected chi connectivity index (χ0v) is 21.3. The third-order valence-corrected chi connectivity index (χ3v) is 7.25. The number of benzene rings is 1. The first kappa shape index (κ1) is 26.5. The molecule has 0 aromatic heterocycles. The van der Waals surface area contributed by atoms with Crippen LogP contribution in [0.2, 0.25) is 0 Å². The summed E-state index contributed by atoms with van der Waals surface area (Å²) in [4.78, 5) is 50.6. The minimum atomic E-state index is -1.03. The van der Waals surface area contributed by atoms with E-state index < -0.39 is 34.5 Å². The highest BCUT2D eigenvalue weighted by Crippen LogP contribution is 2.46. The lowest BCUT2D eigenvalue weighted by Crippen LogP contribution is -2.43. The van der Waals surface area contributed by atoms with Crippen molar-refractivity contribution in [2.75, 3.05) is 25.2 Å². The summed E-state index contributed by atoms with van der Waals surface area (Å²) in [6, 6.07) is 4.66. The van der Waals surface area contributed by atoms with E-state index >= 15 is 0 Å². The number of nitro benzene ring substituents is 1. The number of nitro groups is 1. The normalized spacial score (nSPS) is 21.9. The Labute approximate surface area is 208 Å². The van der Waals surface area contributed by atoms with Gasteiger partial charge in [-0.25, -0.2) is 4.79 Å². The molecule has 0 fully saturated rings. The molecule has 188 valence electrons. The van der Waals surface area contributed by atoms with Gasteiger partial charge in [0.2, 0.25) is 0 Å². The summed E-state index contributed by atoms with van der Waals surface area (Å²) in [6.45, 7) is 7.34.